The maximum absolute atomic E-state index is 5.82. The van der Waals surface area contributed by atoms with Crippen LogP contribution in [0.25, 0.3) is 0 Å². The van der Waals surface area contributed by atoms with E-state index >= 15 is 0 Å². The Bertz CT molecular complexity index is 286. The SMILES string of the molecule is CCOc1ccc(I)c(C(C)N)c1. The minimum absolute atomic E-state index is 0.0623. The highest BCUT2D eigenvalue weighted by molar-refractivity contribution is 14.1. The van der Waals surface area contributed by atoms with Crippen molar-refractivity contribution in [1.29, 1.82) is 0 Å². The van der Waals surface area contributed by atoms with Gasteiger partial charge in [-0.05, 0) is 60.2 Å². The second-order valence-corrected chi connectivity index (χ2v) is 4.07. The Morgan fingerprint density at radius 1 is 1.54 bits per heavy atom. The van der Waals surface area contributed by atoms with Crippen LogP contribution in [0.5, 0.6) is 5.75 Å². The molecule has 3 heteroatoms. The van der Waals surface area contributed by atoms with E-state index in [9.17, 15) is 0 Å². The molecule has 0 saturated carbocycles. The third kappa shape index (κ3) is 2.84. The van der Waals surface area contributed by atoms with E-state index in [1.54, 1.807) is 0 Å². The molecule has 2 N–H and O–H groups in total. The topological polar surface area (TPSA) is 35.2 Å². The van der Waals surface area contributed by atoms with E-state index in [0.717, 1.165) is 11.3 Å². The fourth-order valence-corrected chi connectivity index (χ4v) is 1.95. The zero-order valence-corrected chi connectivity index (χ0v) is 10.0. The van der Waals surface area contributed by atoms with Gasteiger partial charge in [-0.2, -0.15) is 0 Å². The lowest BCUT2D eigenvalue weighted by Gasteiger charge is -2.10. The third-order valence-electron chi connectivity index (χ3n) is 1.77. The predicted octanol–water partition coefficient (Wildman–Crippen LogP) is 2.71. The Hall–Kier alpha value is -0.290. The van der Waals surface area contributed by atoms with E-state index in [2.05, 4.69) is 22.6 Å². The fraction of sp³-hybridized carbons (Fsp3) is 0.400. The van der Waals surface area contributed by atoms with Crippen molar-refractivity contribution in [3.05, 3.63) is 27.3 Å². The lowest BCUT2D eigenvalue weighted by Crippen LogP contribution is -2.07. The maximum atomic E-state index is 5.82. The van der Waals surface area contributed by atoms with Crippen LogP contribution in [0.2, 0.25) is 0 Å². The van der Waals surface area contributed by atoms with Gasteiger partial charge in [0.2, 0.25) is 0 Å². The van der Waals surface area contributed by atoms with E-state index in [1.807, 2.05) is 32.0 Å². The number of hydrogen-bond acceptors (Lipinski definition) is 2. The van der Waals surface area contributed by atoms with Gasteiger partial charge >= 0.3 is 0 Å². The minimum Gasteiger partial charge on any atom is -0.494 e. The molecule has 0 heterocycles. The Morgan fingerprint density at radius 2 is 2.23 bits per heavy atom. The van der Waals surface area contributed by atoms with Crippen molar-refractivity contribution in [3.8, 4) is 5.75 Å². The summed E-state index contributed by atoms with van der Waals surface area (Å²) in [5.74, 6) is 0.898. The summed E-state index contributed by atoms with van der Waals surface area (Å²) in [4.78, 5) is 0. The van der Waals surface area contributed by atoms with Crippen molar-refractivity contribution in [2.75, 3.05) is 6.61 Å². The zero-order valence-electron chi connectivity index (χ0n) is 7.88. The van der Waals surface area contributed by atoms with Crippen LogP contribution < -0.4 is 10.5 Å². The molecule has 0 aliphatic carbocycles. The van der Waals surface area contributed by atoms with Crippen LogP contribution in [0, 0.1) is 3.57 Å². The minimum atomic E-state index is 0.0623. The molecule has 0 aliphatic heterocycles. The Balaban J connectivity index is 2.97. The average molecular weight is 291 g/mol. The molecule has 0 saturated heterocycles. The Kier molecular flexibility index (Phi) is 3.99. The fourth-order valence-electron chi connectivity index (χ4n) is 1.13. The van der Waals surface area contributed by atoms with Crippen LogP contribution >= 0.6 is 22.6 Å². The van der Waals surface area contributed by atoms with Crippen molar-refractivity contribution < 1.29 is 4.74 Å². The highest BCUT2D eigenvalue weighted by atomic mass is 127. The summed E-state index contributed by atoms with van der Waals surface area (Å²) in [6.45, 7) is 4.65. The predicted molar refractivity (Wildman–Crippen MR) is 62.9 cm³/mol. The van der Waals surface area contributed by atoms with Gasteiger partial charge in [0.1, 0.15) is 5.75 Å². The van der Waals surface area contributed by atoms with Crippen LogP contribution in [0.3, 0.4) is 0 Å². The first-order valence-electron chi connectivity index (χ1n) is 4.33. The first kappa shape index (κ1) is 10.8. The van der Waals surface area contributed by atoms with Gasteiger partial charge in [-0.1, -0.05) is 0 Å². The van der Waals surface area contributed by atoms with E-state index < -0.39 is 0 Å². The van der Waals surface area contributed by atoms with Gasteiger partial charge in [-0.25, -0.2) is 0 Å². The number of nitrogens with two attached hydrogens (primary N) is 1. The highest BCUT2D eigenvalue weighted by Crippen LogP contribution is 2.23. The Morgan fingerprint density at radius 3 is 2.77 bits per heavy atom. The molecule has 0 bridgehead atoms. The number of hydrogen-bond donors (Lipinski definition) is 1. The van der Waals surface area contributed by atoms with Crippen molar-refractivity contribution in [3.63, 3.8) is 0 Å². The lowest BCUT2D eigenvalue weighted by atomic mass is 10.1. The first-order valence-corrected chi connectivity index (χ1v) is 5.41. The number of halogens is 1. The van der Waals surface area contributed by atoms with Crippen LogP contribution in [0.15, 0.2) is 18.2 Å². The van der Waals surface area contributed by atoms with Gasteiger partial charge in [0, 0.05) is 9.61 Å². The summed E-state index contributed by atoms with van der Waals surface area (Å²) in [5.41, 5.74) is 6.96. The van der Waals surface area contributed by atoms with Gasteiger partial charge in [0.25, 0.3) is 0 Å². The molecule has 0 fully saturated rings. The molecule has 0 spiro atoms. The molecule has 0 aliphatic rings. The molecule has 0 aromatic heterocycles. The number of benzene rings is 1. The van der Waals surface area contributed by atoms with Crippen LogP contribution in [-0.2, 0) is 0 Å². The Labute approximate surface area is 92.6 Å². The molecule has 1 unspecified atom stereocenters. The molecule has 1 rings (SSSR count). The summed E-state index contributed by atoms with van der Waals surface area (Å²) in [6.07, 6.45) is 0. The zero-order chi connectivity index (χ0) is 9.84. The first-order chi connectivity index (χ1) is 6.15. The van der Waals surface area contributed by atoms with Gasteiger partial charge in [-0.15, -0.1) is 0 Å². The summed E-state index contributed by atoms with van der Waals surface area (Å²) < 4.78 is 6.58. The monoisotopic (exact) mass is 291 g/mol. The molecule has 1 aromatic rings. The molecular weight excluding hydrogens is 277 g/mol. The maximum Gasteiger partial charge on any atom is 0.119 e. The van der Waals surface area contributed by atoms with E-state index in [0.29, 0.717) is 6.61 Å². The summed E-state index contributed by atoms with van der Waals surface area (Å²) >= 11 is 2.29. The van der Waals surface area contributed by atoms with Crippen LogP contribution in [0.1, 0.15) is 25.5 Å². The third-order valence-corrected chi connectivity index (χ3v) is 2.75. The van der Waals surface area contributed by atoms with Gasteiger partial charge in [0.15, 0.2) is 0 Å². The van der Waals surface area contributed by atoms with Crippen molar-refractivity contribution >= 4 is 22.6 Å². The molecule has 1 aromatic carbocycles. The molecule has 13 heavy (non-hydrogen) atoms. The molecule has 72 valence electrons. The second kappa shape index (κ2) is 4.81. The molecule has 0 amide bonds. The van der Waals surface area contributed by atoms with Crippen LogP contribution in [-0.4, -0.2) is 6.61 Å². The van der Waals surface area contributed by atoms with Crippen LogP contribution in [0.4, 0.5) is 0 Å². The molecule has 0 radical (unpaired) electrons. The standard InChI is InChI=1S/C10H14INO/c1-3-13-8-4-5-10(11)9(6-8)7(2)12/h4-7H,3,12H2,1-2H3. The smallest absolute Gasteiger partial charge is 0.119 e. The van der Waals surface area contributed by atoms with Crippen molar-refractivity contribution in [2.24, 2.45) is 5.73 Å². The molecule has 1 atom stereocenters. The molecular formula is C10H14INO. The number of ether oxygens (including phenoxy) is 1. The lowest BCUT2D eigenvalue weighted by molar-refractivity contribution is 0.339. The van der Waals surface area contributed by atoms with E-state index in [-0.39, 0.29) is 6.04 Å². The highest BCUT2D eigenvalue weighted by Gasteiger charge is 2.05. The van der Waals surface area contributed by atoms with Crippen molar-refractivity contribution in [2.45, 2.75) is 19.9 Å². The summed E-state index contributed by atoms with van der Waals surface area (Å²) in [7, 11) is 0. The van der Waals surface area contributed by atoms with Gasteiger partial charge < -0.3 is 10.5 Å². The van der Waals surface area contributed by atoms with Gasteiger partial charge in [-0.3, -0.25) is 0 Å². The van der Waals surface area contributed by atoms with E-state index in [1.165, 1.54) is 3.57 Å². The summed E-state index contributed by atoms with van der Waals surface area (Å²) in [5, 5.41) is 0. The van der Waals surface area contributed by atoms with Gasteiger partial charge in [0.05, 0.1) is 6.61 Å². The van der Waals surface area contributed by atoms with E-state index in [4.69, 9.17) is 10.5 Å². The van der Waals surface area contributed by atoms with Crippen molar-refractivity contribution in [1.82, 2.24) is 0 Å². The summed E-state index contributed by atoms with van der Waals surface area (Å²) in [6, 6.07) is 6.07. The second-order valence-electron chi connectivity index (χ2n) is 2.91. The normalized spacial score (nSPS) is 12.6. The average Bonchev–Trinajstić information content (AvgIpc) is 2.08. The quantitative estimate of drug-likeness (QED) is 0.869. The molecule has 2 nitrogen and oxygen atoms in total. The number of rotatable bonds is 3. The largest absolute Gasteiger partial charge is 0.494 e.